The van der Waals surface area contributed by atoms with E-state index in [0.717, 1.165) is 12.2 Å². The first-order valence-electron chi connectivity index (χ1n) is 6.13. The average Bonchev–Trinajstić information content (AvgIpc) is 2.70. The van der Waals surface area contributed by atoms with E-state index in [4.69, 9.17) is 0 Å². The highest BCUT2D eigenvalue weighted by molar-refractivity contribution is 5.18. The van der Waals surface area contributed by atoms with Crippen molar-refractivity contribution in [3.63, 3.8) is 0 Å². The number of aromatic nitrogens is 2. The minimum absolute atomic E-state index is 0.183. The second kappa shape index (κ2) is 3.88. The molecule has 1 atom stereocenters. The van der Waals surface area contributed by atoms with Crippen LogP contribution in [0.5, 0.6) is 0 Å². The van der Waals surface area contributed by atoms with Crippen LogP contribution in [0.1, 0.15) is 44.6 Å². The van der Waals surface area contributed by atoms with Crippen molar-refractivity contribution in [1.29, 1.82) is 0 Å². The van der Waals surface area contributed by atoms with E-state index in [-0.39, 0.29) is 5.41 Å². The van der Waals surface area contributed by atoms with Gasteiger partial charge < -0.3 is 4.90 Å². The van der Waals surface area contributed by atoms with Crippen LogP contribution < -0.4 is 0 Å². The van der Waals surface area contributed by atoms with Gasteiger partial charge in [0.25, 0.3) is 0 Å². The van der Waals surface area contributed by atoms with Crippen LogP contribution in [-0.2, 0) is 5.41 Å². The third kappa shape index (κ3) is 2.14. The first-order valence-corrected chi connectivity index (χ1v) is 6.13. The molecule has 2 heterocycles. The Kier molecular flexibility index (Phi) is 2.82. The molecule has 1 unspecified atom stereocenters. The molecule has 16 heavy (non-hydrogen) atoms. The molecule has 1 aliphatic heterocycles. The minimum atomic E-state index is 0.183. The minimum Gasteiger partial charge on any atom is -0.304 e. The number of likely N-dealkylation sites (N-methyl/N-ethyl adjacent to an activating group) is 1. The van der Waals surface area contributed by atoms with E-state index in [1.165, 1.54) is 18.7 Å². The van der Waals surface area contributed by atoms with Gasteiger partial charge in [0.1, 0.15) is 0 Å². The molecule has 0 spiro atoms. The first kappa shape index (κ1) is 11.6. The van der Waals surface area contributed by atoms with Gasteiger partial charge in [-0.3, -0.25) is 4.68 Å². The van der Waals surface area contributed by atoms with Crippen molar-refractivity contribution in [1.82, 2.24) is 14.7 Å². The number of hydrogen-bond acceptors (Lipinski definition) is 2. The first-order chi connectivity index (χ1) is 7.38. The quantitative estimate of drug-likeness (QED) is 0.726. The number of rotatable bonds is 1. The molecule has 90 valence electrons. The molecule has 0 aromatic carbocycles. The van der Waals surface area contributed by atoms with Gasteiger partial charge in [-0.15, -0.1) is 0 Å². The average molecular weight is 221 g/mol. The Labute approximate surface area is 98.4 Å². The van der Waals surface area contributed by atoms with Crippen molar-refractivity contribution in [2.24, 2.45) is 0 Å². The monoisotopic (exact) mass is 221 g/mol. The lowest BCUT2D eigenvalue weighted by molar-refractivity contribution is 0.365. The summed E-state index contributed by atoms with van der Waals surface area (Å²) in [6.07, 6.45) is 1.22. The summed E-state index contributed by atoms with van der Waals surface area (Å²) in [5.41, 5.74) is 2.69. The summed E-state index contributed by atoms with van der Waals surface area (Å²) < 4.78 is 2.26. The van der Waals surface area contributed by atoms with Gasteiger partial charge in [-0.05, 0) is 33.0 Å². The molecule has 0 aliphatic carbocycles. The Bertz CT molecular complexity index is 373. The van der Waals surface area contributed by atoms with E-state index in [0.29, 0.717) is 6.04 Å². The fourth-order valence-corrected chi connectivity index (χ4v) is 2.47. The van der Waals surface area contributed by atoms with Crippen LogP contribution in [0.15, 0.2) is 6.07 Å². The normalized spacial score (nSPS) is 22.9. The Morgan fingerprint density at radius 1 is 1.38 bits per heavy atom. The van der Waals surface area contributed by atoms with Crippen LogP contribution in [-0.4, -0.2) is 34.8 Å². The summed E-state index contributed by atoms with van der Waals surface area (Å²) in [7, 11) is 2.19. The van der Waals surface area contributed by atoms with E-state index in [2.05, 4.69) is 55.5 Å². The van der Waals surface area contributed by atoms with Gasteiger partial charge in [-0.2, -0.15) is 5.10 Å². The lowest BCUT2D eigenvalue weighted by atomic mass is 9.91. The summed E-state index contributed by atoms with van der Waals surface area (Å²) >= 11 is 0. The van der Waals surface area contributed by atoms with E-state index >= 15 is 0 Å². The van der Waals surface area contributed by atoms with Gasteiger partial charge in [0.15, 0.2) is 0 Å². The van der Waals surface area contributed by atoms with Gasteiger partial charge in [0.2, 0.25) is 0 Å². The maximum atomic E-state index is 4.68. The maximum Gasteiger partial charge on any atom is 0.0661 e. The zero-order valence-electron chi connectivity index (χ0n) is 11.1. The van der Waals surface area contributed by atoms with Crippen molar-refractivity contribution in [2.75, 3.05) is 20.1 Å². The van der Waals surface area contributed by atoms with Crippen LogP contribution in [0.2, 0.25) is 0 Å². The summed E-state index contributed by atoms with van der Waals surface area (Å²) in [5, 5.41) is 4.68. The smallest absolute Gasteiger partial charge is 0.0661 e. The van der Waals surface area contributed by atoms with Crippen LogP contribution in [0.3, 0.4) is 0 Å². The third-order valence-corrected chi connectivity index (χ3v) is 3.34. The van der Waals surface area contributed by atoms with Gasteiger partial charge in [0, 0.05) is 17.7 Å². The SMILES string of the molecule is Cc1cc(C(C)(C)C)n(C2CCN(C)C2)n1. The topological polar surface area (TPSA) is 21.1 Å². The lowest BCUT2D eigenvalue weighted by Crippen LogP contribution is -2.24. The second-order valence-electron chi connectivity index (χ2n) is 6.07. The summed E-state index contributed by atoms with van der Waals surface area (Å²) in [5.74, 6) is 0. The molecule has 1 saturated heterocycles. The number of likely N-dealkylation sites (tertiary alicyclic amines) is 1. The van der Waals surface area contributed by atoms with Gasteiger partial charge in [-0.1, -0.05) is 20.8 Å². The molecular formula is C13H23N3. The van der Waals surface area contributed by atoms with E-state index < -0.39 is 0 Å². The van der Waals surface area contributed by atoms with Crippen LogP contribution >= 0.6 is 0 Å². The van der Waals surface area contributed by atoms with Crippen molar-refractivity contribution in [3.05, 3.63) is 17.5 Å². The lowest BCUT2D eigenvalue weighted by Gasteiger charge is -2.23. The molecule has 0 radical (unpaired) electrons. The molecular weight excluding hydrogens is 198 g/mol. The highest BCUT2D eigenvalue weighted by atomic mass is 15.3. The zero-order chi connectivity index (χ0) is 11.9. The predicted octanol–water partition coefficient (Wildman–Crippen LogP) is 2.37. The van der Waals surface area contributed by atoms with Crippen molar-refractivity contribution in [2.45, 2.75) is 45.6 Å². The largest absolute Gasteiger partial charge is 0.304 e. The van der Waals surface area contributed by atoms with Gasteiger partial charge >= 0.3 is 0 Å². The number of hydrogen-bond donors (Lipinski definition) is 0. The van der Waals surface area contributed by atoms with Crippen molar-refractivity contribution < 1.29 is 0 Å². The fourth-order valence-electron chi connectivity index (χ4n) is 2.47. The van der Waals surface area contributed by atoms with E-state index in [1.54, 1.807) is 0 Å². The van der Waals surface area contributed by atoms with Crippen LogP contribution in [0, 0.1) is 6.92 Å². The Hall–Kier alpha value is -0.830. The van der Waals surface area contributed by atoms with E-state index in [1.807, 2.05) is 0 Å². The summed E-state index contributed by atoms with van der Waals surface area (Å²) in [4.78, 5) is 2.38. The fraction of sp³-hybridized carbons (Fsp3) is 0.769. The van der Waals surface area contributed by atoms with Crippen molar-refractivity contribution >= 4 is 0 Å². The number of aryl methyl sites for hydroxylation is 1. The van der Waals surface area contributed by atoms with Crippen molar-refractivity contribution in [3.8, 4) is 0 Å². The van der Waals surface area contributed by atoms with E-state index in [9.17, 15) is 0 Å². The molecule has 1 aliphatic rings. The molecule has 0 N–H and O–H groups in total. The summed E-state index contributed by atoms with van der Waals surface area (Å²) in [6, 6.07) is 2.80. The Balaban J connectivity index is 2.33. The highest BCUT2D eigenvalue weighted by Crippen LogP contribution is 2.29. The molecule has 0 bridgehead atoms. The second-order valence-corrected chi connectivity index (χ2v) is 6.07. The molecule has 2 rings (SSSR count). The zero-order valence-corrected chi connectivity index (χ0v) is 11.1. The van der Waals surface area contributed by atoms with Crippen LogP contribution in [0.4, 0.5) is 0 Å². The number of nitrogens with zero attached hydrogens (tertiary/aromatic N) is 3. The third-order valence-electron chi connectivity index (χ3n) is 3.34. The van der Waals surface area contributed by atoms with Crippen LogP contribution in [0.25, 0.3) is 0 Å². The Morgan fingerprint density at radius 2 is 2.06 bits per heavy atom. The van der Waals surface area contributed by atoms with Gasteiger partial charge in [-0.25, -0.2) is 0 Å². The maximum absolute atomic E-state index is 4.68. The highest BCUT2D eigenvalue weighted by Gasteiger charge is 2.28. The molecule has 3 nitrogen and oxygen atoms in total. The standard InChI is InChI=1S/C13H23N3/c1-10-8-12(13(2,3)4)16(14-10)11-6-7-15(5)9-11/h8,11H,6-7,9H2,1-5H3. The summed E-state index contributed by atoms with van der Waals surface area (Å²) in [6.45, 7) is 11.2. The molecule has 3 heteroatoms. The van der Waals surface area contributed by atoms with Gasteiger partial charge in [0.05, 0.1) is 11.7 Å². The molecule has 0 saturated carbocycles. The molecule has 0 amide bonds. The molecule has 1 aromatic rings. The Morgan fingerprint density at radius 3 is 2.56 bits per heavy atom. The molecule has 1 aromatic heterocycles. The predicted molar refractivity (Wildman–Crippen MR) is 66.8 cm³/mol. The molecule has 1 fully saturated rings.